The maximum atomic E-state index is 10.9. The first-order valence-corrected chi connectivity index (χ1v) is 7.19. The molecular weight excluding hydrogens is 298 g/mol. The van der Waals surface area contributed by atoms with Crippen LogP contribution < -0.4 is 0 Å². The lowest BCUT2D eigenvalue weighted by Crippen LogP contribution is -2.23. The first-order chi connectivity index (χ1) is 5.00. The van der Waals surface area contributed by atoms with Crippen molar-refractivity contribution in [2.45, 2.75) is 34.9 Å². The van der Waals surface area contributed by atoms with Gasteiger partial charge >= 0.3 is 0 Å². The average Bonchev–Trinajstić information content (AvgIpc) is 1.86. The van der Waals surface area contributed by atoms with Gasteiger partial charge in [0.05, 0.1) is 5.25 Å². The van der Waals surface area contributed by atoms with E-state index >= 15 is 0 Å². The molecule has 0 heterocycles. The smallest absolute Gasteiger partial charge is 0.212 e. The summed E-state index contributed by atoms with van der Waals surface area (Å²) in [6.45, 7) is 0. The molecule has 1 aliphatic rings. The molecule has 1 aliphatic carbocycles. The van der Waals surface area contributed by atoms with Gasteiger partial charge in [-0.1, -0.05) is 22.6 Å². The van der Waals surface area contributed by atoms with Crippen molar-refractivity contribution in [1.82, 2.24) is 0 Å². The van der Waals surface area contributed by atoms with Crippen LogP contribution in [0.4, 0.5) is 0 Å². The molecule has 0 spiro atoms. The molecule has 0 bridgehead atoms. The summed E-state index contributed by atoms with van der Waals surface area (Å²) in [5.41, 5.74) is 0. The van der Waals surface area contributed by atoms with Crippen LogP contribution in [0.1, 0.15) is 25.7 Å². The molecule has 2 nitrogen and oxygen atoms in total. The van der Waals surface area contributed by atoms with Gasteiger partial charge in [-0.05, 0) is 25.7 Å². The molecule has 0 radical (unpaired) electrons. The molecule has 0 saturated heterocycles. The second kappa shape index (κ2) is 3.79. The largest absolute Gasteiger partial charge is 0.235 e. The van der Waals surface area contributed by atoms with E-state index in [9.17, 15) is 8.42 Å². The van der Waals surface area contributed by atoms with Crippen LogP contribution in [0.25, 0.3) is 0 Å². The van der Waals surface area contributed by atoms with E-state index < -0.39 is 9.05 Å². The van der Waals surface area contributed by atoms with Crippen LogP contribution in [-0.4, -0.2) is 17.6 Å². The Labute approximate surface area is 85.3 Å². The fourth-order valence-electron chi connectivity index (χ4n) is 1.30. The predicted molar refractivity (Wildman–Crippen MR) is 54.8 cm³/mol. The van der Waals surface area contributed by atoms with Gasteiger partial charge in [0.2, 0.25) is 9.05 Å². The standard InChI is InChI=1S/C6H10ClIO2S/c7-11(9,10)6-3-1-5(8)2-4-6/h5-6H,1-4H2. The van der Waals surface area contributed by atoms with Crippen molar-refractivity contribution >= 4 is 42.3 Å². The molecule has 11 heavy (non-hydrogen) atoms. The summed E-state index contributed by atoms with van der Waals surface area (Å²) in [6.07, 6.45) is 3.44. The first kappa shape index (κ1) is 10.1. The predicted octanol–water partition coefficient (Wildman–Crippen LogP) is 2.30. The number of rotatable bonds is 1. The summed E-state index contributed by atoms with van der Waals surface area (Å²) in [5, 5.41) is -0.282. The lowest BCUT2D eigenvalue weighted by atomic mass is 10.0. The summed E-state index contributed by atoms with van der Waals surface area (Å²) in [7, 11) is 1.95. The molecule has 0 aromatic rings. The maximum absolute atomic E-state index is 10.9. The topological polar surface area (TPSA) is 34.1 Å². The lowest BCUT2D eigenvalue weighted by molar-refractivity contribution is 0.508. The van der Waals surface area contributed by atoms with Crippen molar-refractivity contribution in [1.29, 1.82) is 0 Å². The highest BCUT2D eigenvalue weighted by Gasteiger charge is 2.27. The fraction of sp³-hybridized carbons (Fsp3) is 1.00. The zero-order valence-electron chi connectivity index (χ0n) is 5.96. The van der Waals surface area contributed by atoms with Gasteiger partial charge in [0.1, 0.15) is 0 Å². The van der Waals surface area contributed by atoms with Crippen LogP contribution >= 0.6 is 33.3 Å². The number of halogens is 2. The third-order valence-electron chi connectivity index (χ3n) is 2.00. The Hall–Kier alpha value is 0.970. The van der Waals surface area contributed by atoms with Crippen LogP contribution in [0.2, 0.25) is 0 Å². The van der Waals surface area contributed by atoms with Crippen LogP contribution in [0, 0.1) is 0 Å². The fourth-order valence-corrected chi connectivity index (χ4v) is 3.39. The van der Waals surface area contributed by atoms with Gasteiger partial charge in [-0.25, -0.2) is 8.42 Å². The van der Waals surface area contributed by atoms with Crippen molar-refractivity contribution in [3.63, 3.8) is 0 Å². The Morgan fingerprint density at radius 3 is 2.00 bits per heavy atom. The molecule has 1 saturated carbocycles. The van der Waals surface area contributed by atoms with Crippen molar-refractivity contribution in [2.24, 2.45) is 0 Å². The van der Waals surface area contributed by atoms with E-state index in [1.807, 2.05) is 0 Å². The van der Waals surface area contributed by atoms with E-state index in [0.717, 1.165) is 25.7 Å². The normalized spacial score (nSPS) is 33.6. The van der Waals surface area contributed by atoms with E-state index in [0.29, 0.717) is 3.92 Å². The molecule has 66 valence electrons. The van der Waals surface area contributed by atoms with Crippen LogP contribution in [0.5, 0.6) is 0 Å². The van der Waals surface area contributed by atoms with Gasteiger partial charge < -0.3 is 0 Å². The first-order valence-electron chi connectivity index (χ1n) is 3.57. The Bertz CT molecular complexity index is 219. The third-order valence-corrected chi connectivity index (χ3v) is 5.27. The van der Waals surface area contributed by atoms with Gasteiger partial charge in [-0.3, -0.25) is 0 Å². The summed E-state index contributed by atoms with van der Waals surface area (Å²) in [4.78, 5) is 0. The van der Waals surface area contributed by atoms with Gasteiger partial charge in [0.15, 0.2) is 0 Å². The summed E-state index contributed by atoms with van der Waals surface area (Å²) in [6, 6.07) is 0. The molecule has 1 fully saturated rings. The highest BCUT2D eigenvalue weighted by molar-refractivity contribution is 14.1. The van der Waals surface area contributed by atoms with Gasteiger partial charge in [-0.2, -0.15) is 0 Å². The Kier molecular flexibility index (Phi) is 3.46. The van der Waals surface area contributed by atoms with Crippen LogP contribution in [0.3, 0.4) is 0 Å². The molecule has 0 aromatic heterocycles. The Morgan fingerprint density at radius 2 is 1.64 bits per heavy atom. The highest BCUT2D eigenvalue weighted by atomic mass is 127. The van der Waals surface area contributed by atoms with Gasteiger partial charge in [0.25, 0.3) is 0 Å². The summed E-state index contributed by atoms with van der Waals surface area (Å²) < 4.78 is 22.4. The molecule has 5 heteroatoms. The maximum Gasteiger partial charge on any atom is 0.235 e. The minimum absolute atomic E-state index is 0.282. The third kappa shape index (κ3) is 3.06. The van der Waals surface area contributed by atoms with Gasteiger partial charge in [-0.15, -0.1) is 0 Å². The quantitative estimate of drug-likeness (QED) is 0.423. The molecule has 0 aromatic carbocycles. The molecule has 0 N–H and O–H groups in total. The van der Waals surface area contributed by atoms with Crippen LogP contribution in [0.15, 0.2) is 0 Å². The molecule has 1 rings (SSSR count). The van der Waals surface area contributed by atoms with Crippen molar-refractivity contribution in [3.8, 4) is 0 Å². The minimum Gasteiger partial charge on any atom is -0.212 e. The summed E-state index contributed by atoms with van der Waals surface area (Å²) in [5.74, 6) is 0. The van der Waals surface area contributed by atoms with Crippen molar-refractivity contribution < 1.29 is 8.42 Å². The SMILES string of the molecule is O=S(=O)(Cl)C1CCC(I)CC1. The zero-order valence-corrected chi connectivity index (χ0v) is 9.69. The zero-order chi connectivity index (χ0) is 8.48. The van der Waals surface area contributed by atoms with Crippen LogP contribution in [-0.2, 0) is 9.05 Å². The van der Waals surface area contributed by atoms with E-state index in [-0.39, 0.29) is 5.25 Å². The average molecular weight is 309 g/mol. The van der Waals surface area contributed by atoms with E-state index in [4.69, 9.17) is 10.7 Å². The Morgan fingerprint density at radius 1 is 1.18 bits per heavy atom. The monoisotopic (exact) mass is 308 g/mol. The molecule has 0 unspecified atom stereocenters. The van der Waals surface area contributed by atoms with Gasteiger partial charge in [0, 0.05) is 14.6 Å². The molecule has 0 amide bonds. The number of alkyl halides is 1. The van der Waals surface area contributed by atoms with Crippen molar-refractivity contribution in [3.05, 3.63) is 0 Å². The van der Waals surface area contributed by atoms with E-state index in [2.05, 4.69) is 22.6 Å². The molecule has 0 aliphatic heterocycles. The number of hydrogen-bond acceptors (Lipinski definition) is 2. The second-order valence-electron chi connectivity index (χ2n) is 2.85. The van der Waals surface area contributed by atoms with E-state index in [1.165, 1.54) is 0 Å². The lowest BCUT2D eigenvalue weighted by Gasteiger charge is -2.22. The highest BCUT2D eigenvalue weighted by Crippen LogP contribution is 2.30. The number of hydrogen-bond donors (Lipinski definition) is 0. The Balaban J connectivity index is 2.53. The van der Waals surface area contributed by atoms with Crippen molar-refractivity contribution in [2.75, 3.05) is 0 Å². The van der Waals surface area contributed by atoms with E-state index in [1.54, 1.807) is 0 Å². The molecular formula is C6H10ClIO2S. The second-order valence-corrected chi connectivity index (χ2v) is 7.52. The minimum atomic E-state index is -3.28. The summed E-state index contributed by atoms with van der Waals surface area (Å²) >= 11 is 2.36. The molecule has 0 atom stereocenters.